The molecule has 8 heteroatoms. The first-order chi connectivity index (χ1) is 21.6. The fourth-order valence-corrected chi connectivity index (χ4v) is 11.7. The molecule has 9 atom stereocenters. The summed E-state index contributed by atoms with van der Waals surface area (Å²) in [7, 11) is 0. The normalized spacial score (nSPS) is 42.8. The van der Waals surface area contributed by atoms with Gasteiger partial charge in [0.15, 0.2) is 5.69 Å². The summed E-state index contributed by atoms with van der Waals surface area (Å²) >= 11 is 0. The standard InChI is InChI=1S/C38H56N2O6/c1-24-21-39-22-27(40-24)31(43)45-18-19-46-32(44)38-16-14-33(2,3)20-26(38)25-8-9-29-34(4)12-11-30(42)35(5,23-41)28(34)10-13-37(29,7)36(25,6)15-17-38/h8,21-22,26,28-30,41-42H,9-20,23H2,1-7H3/t26-,28+,29+,30-,34-,35-,36+,37+,38-/m0/s1. The number of rotatable bonds is 6. The van der Waals surface area contributed by atoms with Crippen LogP contribution in [0, 0.1) is 57.2 Å². The monoisotopic (exact) mass is 636 g/mol. The fraction of sp³-hybridized carbons (Fsp3) is 0.789. The molecule has 1 aromatic heterocycles. The Morgan fingerprint density at radius 3 is 2.35 bits per heavy atom. The predicted octanol–water partition coefficient (Wildman–Crippen LogP) is 6.62. The SMILES string of the molecule is Cc1cncc(C(=O)OCCOC(=O)[C@]23CCC(C)(C)C[C@H]2C2=CC[C@@H]4[C@@]5(C)CC[C@H](O)[C@@](C)(CO)[C@@H]5CC[C@@]4(C)[C@]2(C)CC3)n1. The van der Waals surface area contributed by atoms with Gasteiger partial charge in [0.25, 0.3) is 0 Å². The highest BCUT2D eigenvalue weighted by Gasteiger charge is 2.69. The van der Waals surface area contributed by atoms with Crippen LogP contribution < -0.4 is 0 Å². The smallest absolute Gasteiger partial charge is 0.358 e. The largest absolute Gasteiger partial charge is 0.462 e. The van der Waals surface area contributed by atoms with E-state index >= 15 is 0 Å². The van der Waals surface area contributed by atoms with Gasteiger partial charge in [0.05, 0.1) is 30.0 Å². The summed E-state index contributed by atoms with van der Waals surface area (Å²) in [5, 5.41) is 21.6. The summed E-state index contributed by atoms with van der Waals surface area (Å²) in [6.07, 6.45) is 14.3. The molecule has 0 bridgehead atoms. The van der Waals surface area contributed by atoms with Crippen molar-refractivity contribution in [3.63, 3.8) is 0 Å². The lowest BCUT2D eigenvalue weighted by molar-refractivity contribution is -0.217. The van der Waals surface area contributed by atoms with Crippen LogP contribution in [-0.2, 0) is 14.3 Å². The van der Waals surface area contributed by atoms with Crippen molar-refractivity contribution in [1.82, 2.24) is 9.97 Å². The minimum Gasteiger partial charge on any atom is -0.462 e. The molecule has 4 fully saturated rings. The van der Waals surface area contributed by atoms with Gasteiger partial charge in [-0.2, -0.15) is 0 Å². The lowest BCUT2D eigenvalue weighted by Gasteiger charge is -2.71. The van der Waals surface area contributed by atoms with Gasteiger partial charge in [-0.3, -0.25) is 9.78 Å². The molecule has 5 aliphatic rings. The highest BCUT2D eigenvalue weighted by Crippen LogP contribution is 2.75. The number of esters is 2. The van der Waals surface area contributed by atoms with Crippen LogP contribution in [0.5, 0.6) is 0 Å². The van der Waals surface area contributed by atoms with E-state index in [1.54, 1.807) is 13.1 Å². The molecule has 254 valence electrons. The van der Waals surface area contributed by atoms with Gasteiger partial charge >= 0.3 is 11.9 Å². The number of hydrogen-bond acceptors (Lipinski definition) is 8. The molecule has 0 saturated heterocycles. The minimum absolute atomic E-state index is 0.0200. The second-order valence-electron chi connectivity index (χ2n) is 17.4. The lowest BCUT2D eigenvalue weighted by atomic mass is 9.33. The number of nitrogens with zero attached hydrogens (tertiary/aromatic N) is 2. The van der Waals surface area contributed by atoms with E-state index in [0.717, 1.165) is 64.2 Å². The predicted molar refractivity (Wildman–Crippen MR) is 174 cm³/mol. The van der Waals surface area contributed by atoms with Gasteiger partial charge in [0.2, 0.25) is 0 Å². The van der Waals surface area contributed by atoms with Crippen LogP contribution in [0.15, 0.2) is 24.0 Å². The molecular weight excluding hydrogens is 580 g/mol. The molecule has 46 heavy (non-hydrogen) atoms. The van der Waals surface area contributed by atoms with Gasteiger partial charge in [-0.25, -0.2) is 9.78 Å². The Bertz CT molecular complexity index is 1410. The Balaban J connectivity index is 1.25. The van der Waals surface area contributed by atoms with Gasteiger partial charge in [0, 0.05) is 11.6 Å². The first-order valence-electron chi connectivity index (χ1n) is 17.7. The molecule has 0 spiro atoms. The number of ether oxygens (including phenoxy) is 2. The Hall–Kier alpha value is -2.32. The van der Waals surface area contributed by atoms with Crippen molar-refractivity contribution in [2.45, 2.75) is 119 Å². The maximum atomic E-state index is 14.2. The zero-order valence-corrected chi connectivity index (χ0v) is 29.2. The van der Waals surface area contributed by atoms with E-state index in [0.29, 0.717) is 11.6 Å². The van der Waals surface area contributed by atoms with Crippen molar-refractivity contribution in [2.24, 2.45) is 50.2 Å². The Kier molecular flexibility index (Phi) is 8.31. The number of aliphatic hydroxyl groups is 2. The number of aromatic nitrogens is 2. The van der Waals surface area contributed by atoms with Crippen molar-refractivity contribution in [3.05, 3.63) is 35.4 Å². The first-order valence-corrected chi connectivity index (χ1v) is 17.7. The molecular formula is C38H56N2O6. The summed E-state index contributed by atoms with van der Waals surface area (Å²) in [6.45, 7) is 16.0. The number of aliphatic hydroxyl groups excluding tert-OH is 2. The van der Waals surface area contributed by atoms with Crippen LogP contribution in [0.4, 0.5) is 0 Å². The number of aryl methyl sites for hydroxylation is 1. The minimum atomic E-state index is -0.568. The third-order valence-corrected chi connectivity index (χ3v) is 14.7. The van der Waals surface area contributed by atoms with E-state index in [9.17, 15) is 19.8 Å². The van der Waals surface area contributed by atoms with E-state index in [4.69, 9.17) is 9.47 Å². The van der Waals surface area contributed by atoms with Crippen molar-refractivity contribution in [3.8, 4) is 0 Å². The second kappa shape index (κ2) is 11.4. The first kappa shape index (κ1) is 33.6. The van der Waals surface area contributed by atoms with E-state index < -0.39 is 22.9 Å². The molecule has 0 unspecified atom stereocenters. The Morgan fingerprint density at radius 2 is 1.63 bits per heavy atom. The maximum absolute atomic E-state index is 14.2. The van der Waals surface area contributed by atoms with Crippen molar-refractivity contribution < 1.29 is 29.3 Å². The van der Waals surface area contributed by atoms with Gasteiger partial charge < -0.3 is 19.7 Å². The molecule has 4 saturated carbocycles. The molecule has 0 aliphatic heterocycles. The molecule has 5 aliphatic carbocycles. The van der Waals surface area contributed by atoms with E-state index in [1.807, 2.05) is 0 Å². The topological polar surface area (TPSA) is 119 Å². The third-order valence-electron chi connectivity index (χ3n) is 14.7. The average molecular weight is 637 g/mol. The van der Waals surface area contributed by atoms with Crippen LogP contribution in [0.25, 0.3) is 0 Å². The Labute approximate surface area is 275 Å². The maximum Gasteiger partial charge on any atom is 0.358 e. The molecule has 1 aromatic rings. The van der Waals surface area contributed by atoms with E-state index in [1.165, 1.54) is 11.8 Å². The fourth-order valence-electron chi connectivity index (χ4n) is 11.7. The Morgan fingerprint density at radius 1 is 0.913 bits per heavy atom. The van der Waals surface area contributed by atoms with E-state index in [-0.39, 0.29) is 65.0 Å². The molecule has 8 nitrogen and oxygen atoms in total. The average Bonchev–Trinajstić information content (AvgIpc) is 3.01. The van der Waals surface area contributed by atoms with Crippen molar-refractivity contribution in [1.29, 1.82) is 0 Å². The molecule has 0 radical (unpaired) electrons. The number of allylic oxidation sites excluding steroid dienone is 2. The van der Waals surface area contributed by atoms with E-state index in [2.05, 4.69) is 57.6 Å². The van der Waals surface area contributed by atoms with Gasteiger partial charge in [-0.15, -0.1) is 0 Å². The summed E-state index contributed by atoms with van der Waals surface area (Å²) in [6, 6.07) is 0. The van der Waals surface area contributed by atoms with Crippen LogP contribution in [0.1, 0.15) is 122 Å². The lowest BCUT2D eigenvalue weighted by Crippen LogP contribution is -2.66. The summed E-state index contributed by atoms with van der Waals surface area (Å²) in [5.41, 5.74) is 1.40. The van der Waals surface area contributed by atoms with Crippen LogP contribution in [0.2, 0.25) is 0 Å². The van der Waals surface area contributed by atoms with Crippen molar-refractivity contribution in [2.75, 3.05) is 19.8 Å². The molecule has 0 aromatic carbocycles. The van der Waals surface area contributed by atoms with Crippen LogP contribution >= 0.6 is 0 Å². The van der Waals surface area contributed by atoms with Gasteiger partial charge in [-0.05, 0) is 111 Å². The zero-order chi connectivity index (χ0) is 33.3. The zero-order valence-electron chi connectivity index (χ0n) is 29.2. The van der Waals surface area contributed by atoms with Gasteiger partial charge in [0.1, 0.15) is 13.2 Å². The molecule has 2 N–H and O–H groups in total. The quantitative estimate of drug-likeness (QED) is 0.203. The third kappa shape index (κ3) is 4.90. The van der Waals surface area contributed by atoms with Crippen LogP contribution in [0.3, 0.4) is 0 Å². The number of carbonyl (C=O) groups excluding carboxylic acids is 2. The number of carbonyl (C=O) groups is 2. The summed E-state index contributed by atoms with van der Waals surface area (Å²) in [4.78, 5) is 34.8. The molecule has 0 amide bonds. The number of fused-ring (bicyclic) bond motifs is 7. The number of hydrogen-bond donors (Lipinski definition) is 2. The second-order valence-corrected chi connectivity index (χ2v) is 17.4. The summed E-state index contributed by atoms with van der Waals surface area (Å²) in [5.74, 6) is 0.136. The van der Waals surface area contributed by atoms with Crippen molar-refractivity contribution >= 4 is 11.9 Å². The molecule has 6 rings (SSSR count). The summed E-state index contributed by atoms with van der Waals surface area (Å²) < 4.78 is 11.4. The van der Waals surface area contributed by atoms with Crippen LogP contribution in [-0.4, -0.2) is 58.0 Å². The highest BCUT2D eigenvalue weighted by atomic mass is 16.6. The van der Waals surface area contributed by atoms with Gasteiger partial charge in [-0.1, -0.05) is 53.2 Å². The highest BCUT2D eigenvalue weighted by molar-refractivity contribution is 5.86. The molecule has 1 heterocycles.